The number of carbonyl (C=O) groups excluding carboxylic acids is 2. The fourth-order valence-electron chi connectivity index (χ4n) is 2.93. The Morgan fingerprint density at radius 3 is 2.62 bits per heavy atom. The summed E-state index contributed by atoms with van der Waals surface area (Å²) < 4.78 is 10.4. The Kier molecular flexibility index (Phi) is 6.30. The van der Waals surface area contributed by atoms with Crippen molar-refractivity contribution in [3.8, 4) is 0 Å². The van der Waals surface area contributed by atoms with Crippen molar-refractivity contribution in [2.75, 3.05) is 32.2 Å². The Balaban J connectivity index is 2.15. The lowest BCUT2D eigenvalue weighted by Gasteiger charge is -2.42. The largest absolute Gasteiger partial charge is 0.394 e. The van der Waals surface area contributed by atoms with Crippen molar-refractivity contribution >= 4 is 17.5 Å². The van der Waals surface area contributed by atoms with E-state index in [1.54, 1.807) is 17.0 Å². The summed E-state index contributed by atoms with van der Waals surface area (Å²) in [7, 11) is 1.46. The van der Waals surface area contributed by atoms with Gasteiger partial charge in [0.15, 0.2) is 0 Å². The van der Waals surface area contributed by atoms with Crippen LogP contribution in [-0.2, 0) is 19.1 Å². The number of anilines is 1. The summed E-state index contributed by atoms with van der Waals surface area (Å²) in [4.78, 5) is 25.2. The summed E-state index contributed by atoms with van der Waals surface area (Å²) >= 11 is 0. The predicted octanol–water partition coefficient (Wildman–Crippen LogP) is 0.941. The highest BCUT2D eigenvalue weighted by Crippen LogP contribution is 2.30. The number of aliphatic hydroxyl groups excluding tert-OH is 1. The van der Waals surface area contributed by atoms with Gasteiger partial charge < -0.3 is 24.8 Å². The minimum absolute atomic E-state index is 0.00826. The van der Waals surface area contributed by atoms with E-state index in [2.05, 4.69) is 5.32 Å². The lowest BCUT2D eigenvalue weighted by molar-refractivity contribution is -0.164. The Hall–Kier alpha value is -1.96. The molecule has 24 heavy (non-hydrogen) atoms. The SMILES string of the molecule is COCC(=O)Nc1ccc(C2OCC(=O)N(C(C)C)C2CO)cc1. The quantitative estimate of drug-likeness (QED) is 0.807. The van der Waals surface area contributed by atoms with Gasteiger partial charge in [0.25, 0.3) is 0 Å². The summed E-state index contributed by atoms with van der Waals surface area (Å²) in [6.45, 7) is 3.63. The lowest BCUT2D eigenvalue weighted by atomic mass is 9.98. The molecule has 2 rings (SSSR count). The van der Waals surface area contributed by atoms with Crippen LogP contribution in [-0.4, -0.2) is 60.8 Å². The maximum atomic E-state index is 12.0. The number of rotatable bonds is 6. The summed E-state index contributed by atoms with van der Waals surface area (Å²) in [5, 5.41) is 12.5. The van der Waals surface area contributed by atoms with Gasteiger partial charge in [-0.15, -0.1) is 0 Å². The molecule has 132 valence electrons. The van der Waals surface area contributed by atoms with E-state index in [9.17, 15) is 14.7 Å². The van der Waals surface area contributed by atoms with Crippen molar-refractivity contribution in [2.24, 2.45) is 0 Å². The molecular weight excluding hydrogens is 312 g/mol. The smallest absolute Gasteiger partial charge is 0.250 e. The molecule has 0 aliphatic carbocycles. The summed E-state index contributed by atoms with van der Waals surface area (Å²) in [6.07, 6.45) is -0.404. The molecule has 0 aromatic heterocycles. The van der Waals surface area contributed by atoms with Crippen molar-refractivity contribution in [2.45, 2.75) is 32.0 Å². The van der Waals surface area contributed by atoms with Gasteiger partial charge in [-0.25, -0.2) is 0 Å². The van der Waals surface area contributed by atoms with Crippen LogP contribution in [0.1, 0.15) is 25.5 Å². The molecule has 2 atom stereocenters. The second kappa shape index (κ2) is 8.23. The zero-order valence-electron chi connectivity index (χ0n) is 14.2. The summed E-state index contributed by atoms with van der Waals surface area (Å²) in [6, 6.07) is 6.72. The normalized spacial score (nSPS) is 21.2. The summed E-state index contributed by atoms with van der Waals surface area (Å²) in [5.41, 5.74) is 1.49. The molecule has 1 saturated heterocycles. The van der Waals surface area contributed by atoms with Gasteiger partial charge in [-0.1, -0.05) is 12.1 Å². The second-order valence-electron chi connectivity index (χ2n) is 5.98. The van der Waals surface area contributed by atoms with Crippen LogP contribution in [0, 0.1) is 0 Å². The molecule has 0 radical (unpaired) electrons. The van der Waals surface area contributed by atoms with Gasteiger partial charge in [0.05, 0.1) is 12.6 Å². The van der Waals surface area contributed by atoms with Crippen LogP contribution >= 0.6 is 0 Å². The number of ether oxygens (including phenoxy) is 2. The highest BCUT2D eigenvalue weighted by atomic mass is 16.5. The van der Waals surface area contributed by atoms with Crippen molar-refractivity contribution in [3.05, 3.63) is 29.8 Å². The molecule has 0 saturated carbocycles. The van der Waals surface area contributed by atoms with Crippen LogP contribution in [0.25, 0.3) is 0 Å². The molecule has 1 aliphatic heterocycles. The number of hydrogen-bond acceptors (Lipinski definition) is 5. The van der Waals surface area contributed by atoms with E-state index in [0.717, 1.165) is 5.56 Å². The predicted molar refractivity (Wildman–Crippen MR) is 88.5 cm³/mol. The minimum Gasteiger partial charge on any atom is -0.394 e. The third-order valence-electron chi connectivity index (χ3n) is 3.92. The molecule has 0 bridgehead atoms. The lowest BCUT2D eigenvalue weighted by Crippen LogP contribution is -2.55. The molecule has 1 aliphatic rings. The van der Waals surface area contributed by atoms with Crippen LogP contribution in [0.3, 0.4) is 0 Å². The molecule has 1 heterocycles. The van der Waals surface area contributed by atoms with Crippen LogP contribution in [0.5, 0.6) is 0 Å². The minimum atomic E-state index is -0.430. The first-order chi connectivity index (χ1) is 11.5. The van der Waals surface area contributed by atoms with Gasteiger partial charge in [-0.2, -0.15) is 0 Å². The summed E-state index contributed by atoms with van der Waals surface area (Å²) in [5.74, 6) is -0.354. The van der Waals surface area contributed by atoms with Gasteiger partial charge >= 0.3 is 0 Å². The van der Waals surface area contributed by atoms with Crippen molar-refractivity contribution in [1.82, 2.24) is 4.90 Å². The van der Waals surface area contributed by atoms with Crippen molar-refractivity contribution < 1.29 is 24.2 Å². The topological polar surface area (TPSA) is 88.1 Å². The number of amides is 2. The van der Waals surface area contributed by atoms with Crippen LogP contribution in [0.2, 0.25) is 0 Å². The first-order valence-electron chi connectivity index (χ1n) is 7.90. The molecule has 7 heteroatoms. The van der Waals surface area contributed by atoms with Gasteiger partial charge in [-0.3, -0.25) is 9.59 Å². The van der Waals surface area contributed by atoms with Crippen molar-refractivity contribution in [1.29, 1.82) is 0 Å². The number of hydrogen-bond donors (Lipinski definition) is 2. The van der Waals surface area contributed by atoms with Crippen LogP contribution in [0.4, 0.5) is 5.69 Å². The monoisotopic (exact) mass is 336 g/mol. The molecule has 2 unspecified atom stereocenters. The van der Waals surface area contributed by atoms with Gasteiger partial charge in [0.1, 0.15) is 19.3 Å². The van der Waals surface area contributed by atoms with E-state index in [0.29, 0.717) is 5.69 Å². The number of nitrogens with one attached hydrogen (secondary N) is 1. The number of nitrogens with zero attached hydrogens (tertiary/aromatic N) is 1. The molecule has 1 fully saturated rings. The van der Waals surface area contributed by atoms with Gasteiger partial charge in [-0.05, 0) is 31.5 Å². The maximum absolute atomic E-state index is 12.0. The Bertz CT molecular complexity index is 573. The standard InChI is InChI=1S/C17H24N2O5/c1-11(2)19-14(8-20)17(24-10-16(19)22)12-4-6-13(7-5-12)18-15(21)9-23-3/h4-7,11,14,17,20H,8-10H2,1-3H3,(H,18,21). The first kappa shape index (κ1) is 18.4. The number of methoxy groups -OCH3 is 1. The first-order valence-corrected chi connectivity index (χ1v) is 7.90. The third kappa shape index (κ3) is 4.11. The van der Waals surface area contributed by atoms with Crippen LogP contribution in [0.15, 0.2) is 24.3 Å². The number of benzene rings is 1. The zero-order valence-corrected chi connectivity index (χ0v) is 14.2. The van der Waals surface area contributed by atoms with E-state index < -0.39 is 12.1 Å². The molecule has 7 nitrogen and oxygen atoms in total. The number of aliphatic hydroxyl groups is 1. The van der Waals surface area contributed by atoms with Gasteiger partial charge in [0.2, 0.25) is 11.8 Å². The average molecular weight is 336 g/mol. The maximum Gasteiger partial charge on any atom is 0.250 e. The Morgan fingerprint density at radius 2 is 2.08 bits per heavy atom. The van der Waals surface area contributed by atoms with Gasteiger partial charge in [0, 0.05) is 18.8 Å². The number of morpholine rings is 1. The molecule has 1 aromatic rings. The number of carbonyl (C=O) groups is 2. The highest BCUT2D eigenvalue weighted by Gasteiger charge is 2.38. The van der Waals surface area contributed by atoms with E-state index >= 15 is 0 Å². The second-order valence-corrected chi connectivity index (χ2v) is 5.98. The molecule has 1 aromatic carbocycles. The van der Waals surface area contributed by atoms with E-state index in [-0.39, 0.29) is 37.7 Å². The Morgan fingerprint density at radius 1 is 1.42 bits per heavy atom. The zero-order chi connectivity index (χ0) is 17.7. The van der Waals surface area contributed by atoms with E-state index in [4.69, 9.17) is 9.47 Å². The van der Waals surface area contributed by atoms with Crippen LogP contribution < -0.4 is 5.32 Å². The molecule has 2 N–H and O–H groups in total. The fraction of sp³-hybridized carbons (Fsp3) is 0.529. The van der Waals surface area contributed by atoms with E-state index in [1.165, 1.54) is 7.11 Å². The molecule has 0 spiro atoms. The Labute approximate surface area is 141 Å². The third-order valence-corrected chi connectivity index (χ3v) is 3.92. The highest BCUT2D eigenvalue weighted by molar-refractivity contribution is 5.91. The fourth-order valence-corrected chi connectivity index (χ4v) is 2.93. The average Bonchev–Trinajstić information content (AvgIpc) is 2.55. The van der Waals surface area contributed by atoms with E-state index in [1.807, 2.05) is 26.0 Å². The molecular formula is C17H24N2O5. The van der Waals surface area contributed by atoms with Crippen molar-refractivity contribution in [3.63, 3.8) is 0 Å². The molecule has 2 amide bonds.